The van der Waals surface area contributed by atoms with Gasteiger partial charge in [0, 0.05) is 6.54 Å². The molecule has 5 heteroatoms. The molecule has 0 radical (unpaired) electrons. The Hall–Kier alpha value is -0.875. The highest BCUT2D eigenvalue weighted by atomic mass is 16.7. The molecule has 0 saturated carbocycles. The molecule has 2 aliphatic heterocycles. The van der Waals surface area contributed by atoms with E-state index in [0.29, 0.717) is 5.92 Å². The lowest BCUT2D eigenvalue weighted by atomic mass is 9.77. The predicted octanol–water partition coefficient (Wildman–Crippen LogP) is 2.16. The van der Waals surface area contributed by atoms with Gasteiger partial charge in [-0.25, -0.2) is 0 Å². The van der Waals surface area contributed by atoms with E-state index >= 15 is 0 Å². The Morgan fingerprint density at radius 2 is 1.58 bits per heavy atom. The number of aliphatic hydroxyl groups is 1. The fourth-order valence-electron chi connectivity index (χ4n) is 3.54. The zero-order valence-electron chi connectivity index (χ0n) is 15.4. The van der Waals surface area contributed by atoms with Crippen LogP contribution in [0, 0.1) is 0 Å². The lowest BCUT2D eigenvalue weighted by molar-refractivity contribution is 0.00578. The summed E-state index contributed by atoms with van der Waals surface area (Å²) in [5.74, 6) is 0.618. The first-order valence-electron chi connectivity index (χ1n) is 9.11. The fourth-order valence-corrected chi connectivity index (χ4v) is 3.54. The van der Waals surface area contributed by atoms with Crippen LogP contribution in [0.3, 0.4) is 0 Å². The van der Waals surface area contributed by atoms with Crippen LogP contribution in [0.4, 0.5) is 0 Å². The number of aliphatic hydroxyl groups excluding tert-OH is 1. The van der Waals surface area contributed by atoms with Gasteiger partial charge in [0.2, 0.25) is 0 Å². The second-order valence-corrected chi connectivity index (χ2v) is 8.09. The van der Waals surface area contributed by atoms with Gasteiger partial charge < -0.3 is 19.3 Å². The van der Waals surface area contributed by atoms with Crippen LogP contribution in [-0.4, -0.2) is 54.6 Å². The molecule has 0 aromatic heterocycles. The third kappa shape index (κ3) is 3.55. The second kappa shape index (κ2) is 6.79. The van der Waals surface area contributed by atoms with Crippen molar-refractivity contribution in [3.05, 3.63) is 29.8 Å². The normalized spacial score (nSPS) is 24.5. The summed E-state index contributed by atoms with van der Waals surface area (Å²) in [6.45, 7) is 11.5. The van der Waals surface area contributed by atoms with Gasteiger partial charge in [-0.15, -0.1) is 0 Å². The number of β-amino-alcohol motifs (C(OH)–C–C–N with tert-alkyl or cyclic N) is 1. The molecule has 2 heterocycles. The van der Waals surface area contributed by atoms with Gasteiger partial charge in [0.1, 0.15) is 0 Å². The van der Waals surface area contributed by atoms with E-state index in [1.807, 2.05) is 0 Å². The van der Waals surface area contributed by atoms with Crippen LogP contribution in [0.5, 0.6) is 0 Å². The first-order chi connectivity index (χ1) is 11.3. The Kier molecular flexibility index (Phi) is 5.08. The van der Waals surface area contributed by atoms with Crippen LogP contribution in [0.15, 0.2) is 24.3 Å². The summed E-state index contributed by atoms with van der Waals surface area (Å²) < 4.78 is 12.2. The van der Waals surface area contributed by atoms with Crippen molar-refractivity contribution in [3.63, 3.8) is 0 Å². The lowest BCUT2D eigenvalue weighted by Crippen LogP contribution is -2.41. The summed E-state index contributed by atoms with van der Waals surface area (Å²) in [6, 6.07) is 8.76. The summed E-state index contributed by atoms with van der Waals surface area (Å²) in [5, 5.41) is 9.04. The van der Waals surface area contributed by atoms with E-state index in [2.05, 4.69) is 56.9 Å². The number of hydrogen-bond donors (Lipinski definition) is 1. The molecule has 2 saturated heterocycles. The highest BCUT2D eigenvalue weighted by Gasteiger charge is 2.51. The van der Waals surface area contributed by atoms with Crippen LogP contribution in [0.25, 0.3) is 0 Å². The first-order valence-corrected chi connectivity index (χ1v) is 9.11. The van der Waals surface area contributed by atoms with Gasteiger partial charge >= 0.3 is 7.12 Å². The van der Waals surface area contributed by atoms with Gasteiger partial charge in [-0.2, -0.15) is 0 Å². The minimum Gasteiger partial charge on any atom is -0.399 e. The molecule has 1 N–H and O–H groups in total. The first kappa shape index (κ1) is 17.9. The molecular weight excluding hydrogens is 301 g/mol. The maximum absolute atomic E-state index is 9.04. The van der Waals surface area contributed by atoms with Gasteiger partial charge in [-0.3, -0.25) is 0 Å². The molecule has 4 nitrogen and oxygen atoms in total. The van der Waals surface area contributed by atoms with Crippen molar-refractivity contribution >= 4 is 12.6 Å². The fraction of sp³-hybridized carbons (Fsp3) is 0.684. The van der Waals surface area contributed by atoms with Crippen LogP contribution in [0.2, 0.25) is 0 Å². The standard InChI is InChI=1S/C19H30BNO3/c1-18(2)19(3,4)24-20(23-18)17-7-5-15(6-8-17)16-9-11-21(12-10-16)13-14-22/h5-8,16,22H,9-14H2,1-4H3. The van der Waals surface area contributed by atoms with E-state index < -0.39 is 0 Å². The number of benzene rings is 1. The molecule has 3 rings (SSSR count). The molecule has 24 heavy (non-hydrogen) atoms. The Labute approximate surface area is 146 Å². The van der Waals surface area contributed by atoms with Crippen molar-refractivity contribution < 1.29 is 14.4 Å². The van der Waals surface area contributed by atoms with Crippen molar-refractivity contribution in [1.29, 1.82) is 0 Å². The lowest BCUT2D eigenvalue weighted by Gasteiger charge is -2.32. The second-order valence-electron chi connectivity index (χ2n) is 8.09. The summed E-state index contributed by atoms with van der Waals surface area (Å²) in [5.41, 5.74) is 1.90. The Balaban J connectivity index is 1.63. The highest BCUT2D eigenvalue weighted by molar-refractivity contribution is 6.62. The smallest absolute Gasteiger partial charge is 0.399 e. The maximum atomic E-state index is 9.04. The molecule has 0 aliphatic carbocycles. The number of piperidine rings is 1. The monoisotopic (exact) mass is 331 g/mol. The van der Waals surface area contributed by atoms with E-state index in [1.54, 1.807) is 0 Å². The number of likely N-dealkylation sites (tertiary alicyclic amines) is 1. The van der Waals surface area contributed by atoms with Gasteiger partial charge in [-0.05, 0) is 70.6 Å². The zero-order chi connectivity index (χ0) is 17.4. The van der Waals surface area contributed by atoms with Crippen LogP contribution in [0.1, 0.15) is 52.0 Å². The van der Waals surface area contributed by atoms with Crippen molar-refractivity contribution in [2.24, 2.45) is 0 Å². The summed E-state index contributed by atoms with van der Waals surface area (Å²) in [6.07, 6.45) is 2.33. The minimum absolute atomic E-state index is 0.257. The average Bonchev–Trinajstić information content (AvgIpc) is 2.77. The molecule has 0 unspecified atom stereocenters. The molecule has 1 aromatic carbocycles. The maximum Gasteiger partial charge on any atom is 0.494 e. The van der Waals surface area contributed by atoms with Gasteiger partial charge in [-0.1, -0.05) is 24.3 Å². The molecular formula is C19H30BNO3. The van der Waals surface area contributed by atoms with Gasteiger partial charge in [0.05, 0.1) is 17.8 Å². The summed E-state index contributed by atoms with van der Waals surface area (Å²) in [7, 11) is -0.282. The molecule has 0 spiro atoms. The molecule has 0 atom stereocenters. The van der Waals surface area contributed by atoms with Gasteiger partial charge in [0.25, 0.3) is 0 Å². The quantitative estimate of drug-likeness (QED) is 0.859. The number of rotatable bonds is 4. The van der Waals surface area contributed by atoms with Gasteiger partial charge in [0.15, 0.2) is 0 Å². The van der Waals surface area contributed by atoms with E-state index in [9.17, 15) is 0 Å². The Morgan fingerprint density at radius 1 is 1.04 bits per heavy atom. The SMILES string of the molecule is CC1(C)OB(c2ccc(C3CCN(CCO)CC3)cc2)OC1(C)C. The van der Waals surface area contributed by atoms with E-state index in [-0.39, 0.29) is 24.9 Å². The average molecular weight is 331 g/mol. The topological polar surface area (TPSA) is 41.9 Å². The van der Waals surface area contributed by atoms with Crippen LogP contribution in [-0.2, 0) is 9.31 Å². The summed E-state index contributed by atoms with van der Waals surface area (Å²) >= 11 is 0. The minimum atomic E-state index is -0.296. The Morgan fingerprint density at radius 3 is 2.08 bits per heavy atom. The molecule has 2 fully saturated rings. The predicted molar refractivity (Wildman–Crippen MR) is 97.7 cm³/mol. The molecule has 132 valence electrons. The third-order valence-electron chi connectivity index (χ3n) is 5.94. The van der Waals surface area contributed by atoms with E-state index in [4.69, 9.17) is 14.4 Å². The summed E-state index contributed by atoms with van der Waals surface area (Å²) in [4.78, 5) is 2.34. The highest BCUT2D eigenvalue weighted by Crippen LogP contribution is 2.36. The number of hydrogen-bond acceptors (Lipinski definition) is 4. The number of nitrogens with zero attached hydrogens (tertiary/aromatic N) is 1. The van der Waals surface area contributed by atoms with E-state index in [1.165, 1.54) is 5.56 Å². The van der Waals surface area contributed by atoms with Crippen molar-refractivity contribution in [2.75, 3.05) is 26.2 Å². The van der Waals surface area contributed by atoms with E-state index in [0.717, 1.165) is 37.9 Å². The van der Waals surface area contributed by atoms with Crippen LogP contribution < -0.4 is 5.46 Å². The molecule has 2 aliphatic rings. The van der Waals surface area contributed by atoms with Crippen molar-refractivity contribution in [2.45, 2.75) is 57.7 Å². The van der Waals surface area contributed by atoms with Crippen LogP contribution >= 0.6 is 0 Å². The van der Waals surface area contributed by atoms with Crippen molar-refractivity contribution in [3.8, 4) is 0 Å². The third-order valence-corrected chi connectivity index (χ3v) is 5.94. The Bertz CT molecular complexity index is 534. The van der Waals surface area contributed by atoms with Crippen molar-refractivity contribution in [1.82, 2.24) is 4.90 Å². The zero-order valence-corrected chi connectivity index (χ0v) is 15.4. The molecule has 1 aromatic rings. The molecule has 0 bridgehead atoms. The molecule has 0 amide bonds. The largest absolute Gasteiger partial charge is 0.494 e.